The van der Waals surface area contributed by atoms with Crippen molar-refractivity contribution >= 4 is 5.91 Å². The molecule has 1 fully saturated rings. The maximum atomic E-state index is 13.0. The van der Waals surface area contributed by atoms with Crippen molar-refractivity contribution in [2.75, 3.05) is 32.8 Å². The van der Waals surface area contributed by atoms with Crippen LogP contribution in [0, 0.1) is 5.92 Å². The highest BCUT2D eigenvalue weighted by Crippen LogP contribution is 2.28. The van der Waals surface area contributed by atoms with Gasteiger partial charge in [0.15, 0.2) is 0 Å². The van der Waals surface area contributed by atoms with Gasteiger partial charge in [-0.15, -0.1) is 0 Å². The number of benzene rings is 1. The molecule has 0 aromatic heterocycles. The summed E-state index contributed by atoms with van der Waals surface area (Å²) in [6.45, 7) is 7.55. The van der Waals surface area contributed by atoms with Gasteiger partial charge in [0.1, 0.15) is 6.04 Å². The molecule has 1 aromatic carbocycles. The number of aliphatic hydroxyl groups is 1. The van der Waals surface area contributed by atoms with Crippen LogP contribution in [0.3, 0.4) is 0 Å². The molecule has 0 radical (unpaired) electrons. The quantitative estimate of drug-likeness (QED) is 0.877. The lowest BCUT2D eigenvalue weighted by molar-refractivity contribution is -0.137. The SMILES string of the molecule is CCN(CC)C(=O)C(c1ccccc1)N1CCC(CO)CC1. The Balaban J connectivity index is 2.21. The third-order valence-electron chi connectivity index (χ3n) is 4.70. The number of nitrogens with zero attached hydrogens (tertiary/aromatic N) is 2. The molecule has 4 heteroatoms. The van der Waals surface area contributed by atoms with Crippen molar-refractivity contribution in [1.29, 1.82) is 0 Å². The van der Waals surface area contributed by atoms with Crippen molar-refractivity contribution in [3.8, 4) is 0 Å². The minimum atomic E-state index is -0.194. The lowest BCUT2D eigenvalue weighted by Gasteiger charge is -2.38. The van der Waals surface area contributed by atoms with Crippen LogP contribution in [0.2, 0.25) is 0 Å². The number of aliphatic hydroxyl groups excluding tert-OH is 1. The van der Waals surface area contributed by atoms with E-state index in [0.717, 1.165) is 44.6 Å². The van der Waals surface area contributed by atoms with Crippen LogP contribution in [0.25, 0.3) is 0 Å². The maximum absolute atomic E-state index is 13.0. The Morgan fingerprint density at radius 2 is 1.82 bits per heavy atom. The highest BCUT2D eigenvalue weighted by Gasteiger charge is 2.32. The molecule has 0 bridgehead atoms. The molecule has 1 saturated heterocycles. The number of hydrogen-bond donors (Lipinski definition) is 1. The van der Waals surface area contributed by atoms with E-state index in [-0.39, 0.29) is 18.6 Å². The van der Waals surface area contributed by atoms with Crippen LogP contribution in [0.1, 0.15) is 38.3 Å². The van der Waals surface area contributed by atoms with Crippen LogP contribution in [0.4, 0.5) is 0 Å². The summed E-state index contributed by atoms with van der Waals surface area (Å²) in [4.78, 5) is 17.2. The zero-order valence-corrected chi connectivity index (χ0v) is 13.7. The fraction of sp³-hybridized carbons (Fsp3) is 0.611. The summed E-state index contributed by atoms with van der Waals surface area (Å²) in [6, 6.07) is 9.88. The van der Waals surface area contributed by atoms with E-state index in [1.54, 1.807) is 0 Å². The molecule has 1 aliphatic rings. The second kappa shape index (κ2) is 8.30. The molecule has 0 spiro atoms. The van der Waals surface area contributed by atoms with Crippen molar-refractivity contribution in [2.24, 2.45) is 5.92 Å². The molecule has 1 amide bonds. The summed E-state index contributed by atoms with van der Waals surface area (Å²) >= 11 is 0. The fourth-order valence-corrected chi connectivity index (χ4v) is 3.25. The van der Waals surface area contributed by atoms with E-state index in [2.05, 4.69) is 4.90 Å². The second-order valence-electron chi connectivity index (χ2n) is 5.99. The van der Waals surface area contributed by atoms with E-state index >= 15 is 0 Å². The maximum Gasteiger partial charge on any atom is 0.244 e. The zero-order chi connectivity index (χ0) is 15.9. The molecule has 1 unspecified atom stereocenters. The Morgan fingerprint density at radius 1 is 1.23 bits per heavy atom. The average molecular weight is 304 g/mol. The summed E-state index contributed by atoms with van der Waals surface area (Å²) < 4.78 is 0. The highest BCUT2D eigenvalue weighted by atomic mass is 16.3. The Morgan fingerprint density at radius 3 is 2.32 bits per heavy atom. The van der Waals surface area contributed by atoms with Crippen LogP contribution >= 0.6 is 0 Å². The zero-order valence-electron chi connectivity index (χ0n) is 13.7. The molecule has 2 rings (SSSR count). The third-order valence-corrected chi connectivity index (χ3v) is 4.70. The van der Waals surface area contributed by atoms with E-state index in [9.17, 15) is 9.90 Å². The van der Waals surface area contributed by atoms with Gasteiger partial charge in [0.05, 0.1) is 0 Å². The van der Waals surface area contributed by atoms with Crippen molar-refractivity contribution < 1.29 is 9.90 Å². The number of piperidine rings is 1. The van der Waals surface area contributed by atoms with Crippen molar-refractivity contribution in [3.05, 3.63) is 35.9 Å². The Kier molecular flexibility index (Phi) is 6.40. The monoisotopic (exact) mass is 304 g/mol. The summed E-state index contributed by atoms with van der Waals surface area (Å²) in [7, 11) is 0. The minimum Gasteiger partial charge on any atom is -0.396 e. The molecule has 1 atom stereocenters. The molecule has 1 heterocycles. The van der Waals surface area contributed by atoms with Gasteiger partial charge in [-0.1, -0.05) is 30.3 Å². The molecular formula is C18H28N2O2. The Labute approximate surface area is 133 Å². The Bertz CT molecular complexity index is 451. The van der Waals surface area contributed by atoms with E-state index in [1.807, 2.05) is 49.1 Å². The van der Waals surface area contributed by atoms with Crippen LogP contribution in [-0.4, -0.2) is 53.6 Å². The van der Waals surface area contributed by atoms with E-state index in [0.29, 0.717) is 5.92 Å². The number of hydrogen-bond acceptors (Lipinski definition) is 3. The second-order valence-corrected chi connectivity index (χ2v) is 5.99. The molecule has 122 valence electrons. The largest absolute Gasteiger partial charge is 0.396 e. The first kappa shape index (κ1) is 17.0. The van der Waals surface area contributed by atoms with Crippen molar-refractivity contribution in [1.82, 2.24) is 9.80 Å². The third kappa shape index (κ3) is 3.87. The lowest BCUT2D eigenvalue weighted by Crippen LogP contribution is -2.46. The van der Waals surface area contributed by atoms with E-state index < -0.39 is 0 Å². The van der Waals surface area contributed by atoms with Gasteiger partial charge in [0, 0.05) is 19.7 Å². The topological polar surface area (TPSA) is 43.8 Å². The van der Waals surface area contributed by atoms with Gasteiger partial charge in [0.2, 0.25) is 5.91 Å². The summed E-state index contributed by atoms with van der Waals surface area (Å²) in [6.07, 6.45) is 1.93. The van der Waals surface area contributed by atoms with Gasteiger partial charge in [-0.25, -0.2) is 0 Å². The van der Waals surface area contributed by atoms with E-state index in [4.69, 9.17) is 0 Å². The summed E-state index contributed by atoms with van der Waals surface area (Å²) in [5.74, 6) is 0.579. The standard InChI is InChI=1S/C18H28N2O2/c1-3-19(4-2)18(22)17(16-8-6-5-7-9-16)20-12-10-15(14-21)11-13-20/h5-9,15,17,21H,3-4,10-14H2,1-2H3. The van der Waals surface area contributed by atoms with Gasteiger partial charge < -0.3 is 10.0 Å². The predicted octanol–water partition coefficient (Wildman–Crippen LogP) is 2.30. The molecule has 22 heavy (non-hydrogen) atoms. The van der Waals surface area contributed by atoms with Gasteiger partial charge in [-0.05, 0) is 51.3 Å². The molecule has 1 N–H and O–H groups in total. The van der Waals surface area contributed by atoms with Crippen LogP contribution in [-0.2, 0) is 4.79 Å². The summed E-state index contributed by atoms with van der Waals surface area (Å²) in [5, 5.41) is 9.31. The predicted molar refractivity (Wildman–Crippen MR) is 88.5 cm³/mol. The first-order valence-corrected chi connectivity index (χ1v) is 8.39. The van der Waals surface area contributed by atoms with Crippen LogP contribution in [0.15, 0.2) is 30.3 Å². The fourth-order valence-electron chi connectivity index (χ4n) is 3.25. The molecular weight excluding hydrogens is 276 g/mol. The van der Waals surface area contributed by atoms with Gasteiger partial charge in [-0.3, -0.25) is 9.69 Å². The number of carbonyl (C=O) groups excluding carboxylic acids is 1. The minimum absolute atomic E-state index is 0.193. The summed E-state index contributed by atoms with van der Waals surface area (Å²) in [5.41, 5.74) is 1.07. The number of likely N-dealkylation sites (N-methyl/N-ethyl adjacent to an activating group) is 1. The molecule has 1 aromatic rings. The van der Waals surface area contributed by atoms with Gasteiger partial charge in [-0.2, -0.15) is 0 Å². The van der Waals surface area contributed by atoms with Gasteiger partial charge in [0.25, 0.3) is 0 Å². The van der Waals surface area contributed by atoms with E-state index in [1.165, 1.54) is 0 Å². The van der Waals surface area contributed by atoms with Crippen LogP contribution in [0.5, 0.6) is 0 Å². The lowest BCUT2D eigenvalue weighted by atomic mass is 9.94. The smallest absolute Gasteiger partial charge is 0.244 e. The first-order chi connectivity index (χ1) is 10.7. The molecule has 0 aliphatic carbocycles. The average Bonchev–Trinajstić information content (AvgIpc) is 2.58. The molecule has 1 aliphatic heterocycles. The molecule has 0 saturated carbocycles. The molecule has 4 nitrogen and oxygen atoms in total. The van der Waals surface area contributed by atoms with Crippen molar-refractivity contribution in [3.63, 3.8) is 0 Å². The number of carbonyl (C=O) groups is 1. The number of rotatable bonds is 6. The Hall–Kier alpha value is -1.39. The van der Waals surface area contributed by atoms with Crippen molar-refractivity contribution in [2.45, 2.75) is 32.7 Å². The van der Waals surface area contributed by atoms with Crippen LogP contribution < -0.4 is 0 Å². The highest BCUT2D eigenvalue weighted by molar-refractivity contribution is 5.83. The first-order valence-electron chi connectivity index (χ1n) is 8.39. The number of amides is 1. The normalized spacial score (nSPS) is 18.1. The number of likely N-dealkylation sites (tertiary alicyclic amines) is 1. The van der Waals surface area contributed by atoms with Gasteiger partial charge >= 0.3 is 0 Å².